The fraction of sp³-hybridized carbons (Fsp3) is 0.611. The largest absolute Gasteiger partial charge is 0.458 e. The van der Waals surface area contributed by atoms with Crippen molar-refractivity contribution in [1.29, 1.82) is 0 Å². The Labute approximate surface area is 136 Å². The summed E-state index contributed by atoms with van der Waals surface area (Å²) in [6.45, 7) is 4.28. The van der Waals surface area contributed by atoms with E-state index in [2.05, 4.69) is 0 Å². The number of methoxy groups -OCH3 is 1. The van der Waals surface area contributed by atoms with Crippen molar-refractivity contribution in [3.05, 3.63) is 35.9 Å². The first-order valence-electron chi connectivity index (χ1n) is 8.11. The van der Waals surface area contributed by atoms with E-state index in [1.807, 2.05) is 32.0 Å². The Bertz CT molecular complexity index is 542. The van der Waals surface area contributed by atoms with Crippen LogP contribution in [0.25, 0.3) is 0 Å². The molecule has 1 aliphatic carbocycles. The molecule has 0 aromatic heterocycles. The summed E-state index contributed by atoms with van der Waals surface area (Å²) < 4.78 is 22.9. The summed E-state index contributed by atoms with van der Waals surface area (Å²) in [7, 11) is 1.65. The van der Waals surface area contributed by atoms with Gasteiger partial charge in [-0.05, 0) is 38.8 Å². The molecule has 1 aliphatic heterocycles. The van der Waals surface area contributed by atoms with Gasteiger partial charge in [0.05, 0.1) is 18.3 Å². The Morgan fingerprint density at radius 1 is 1.22 bits per heavy atom. The van der Waals surface area contributed by atoms with E-state index in [1.165, 1.54) is 0 Å². The molecule has 126 valence electrons. The van der Waals surface area contributed by atoms with Crippen molar-refractivity contribution < 1.29 is 23.7 Å². The number of hydrogen-bond acceptors (Lipinski definition) is 5. The molecule has 1 aromatic rings. The molecule has 0 bridgehead atoms. The molecule has 1 aromatic carbocycles. The molecule has 2 fully saturated rings. The van der Waals surface area contributed by atoms with Crippen molar-refractivity contribution in [2.75, 3.05) is 13.7 Å². The number of rotatable bonds is 5. The molecule has 2 aliphatic rings. The van der Waals surface area contributed by atoms with E-state index in [4.69, 9.17) is 18.9 Å². The Balaban J connectivity index is 1.64. The van der Waals surface area contributed by atoms with E-state index >= 15 is 0 Å². The van der Waals surface area contributed by atoms with Gasteiger partial charge in [-0.2, -0.15) is 0 Å². The van der Waals surface area contributed by atoms with Crippen LogP contribution in [-0.2, 0) is 18.9 Å². The zero-order valence-corrected chi connectivity index (χ0v) is 13.9. The lowest BCUT2D eigenvalue weighted by molar-refractivity contribution is -0.162. The average Bonchev–Trinajstić information content (AvgIpc) is 2.79. The van der Waals surface area contributed by atoms with Gasteiger partial charge in [-0.15, -0.1) is 0 Å². The van der Waals surface area contributed by atoms with Crippen LogP contribution in [0, 0.1) is 5.92 Å². The van der Waals surface area contributed by atoms with Gasteiger partial charge in [0.2, 0.25) is 0 Å². The van der Waals surface area contributed by atoms with Crippen molar-refractivity contribution in [1.82, 2.24) is 0 Å². The molecule has 4 atom stereocenters. The van der Waals surface area contributed by atoms with Crippen molar-refractivity contribution in [2.24, 2.45) is 5.92 Å². The summed E-state index contributed by atoms with van der Waals surface area (Å²) in [6.07, 6.45) is 1.48. The molecular formula is C18H24O5. The van der Waals surface area contributed by atoms with Crippen LogP contribution in [0.1, 0.15) is 37.0 Å². The van der Waals surface area contributed by atoms with Crippen LogP contribution in [0.3, 0.4) is 0 Å². The molecule has 1 saturated carbocycles. The van der Waals surface area contributed by atoms with Gasteiger partial charge in [-0.3, -0.25) is 0 Å². The Hall–Kier alpha value is -1.43. The minimum Gasteiger partial charge on any atom is -0.458 e. The first-order chi connectivity index (χ1) is 11.0. The van der Waals surface area contributed by atoms with Gasteiger partial charge in [-0.25, -0.2) is 4.79 Å². The van der Waals surface area contributed by atoms with Gasteiger partial charge in [-0.1, -0.05) is 18.2 Å². The summed E-state index contributed by atoms with van der Waals surface area (Å²) in [5, 5.41) is 0. The quantitative estimate of drug-likeness (QED) is 0.781. The van der Waals surface area contributed by atoms with E-state index in [9.17, 15) is 4.79 Å². The predicted octanol–water partition coefficient (Wildman–Crippen LogP) is 2.79. The molecule has 3 rings (SSSR count). The summed E-state index contributed by atoms with van der Waals surface area (Å²) in [4.78, 5) is 12.2. The maximum atomic E-state index is 12.2. The molecule has 0 spiro atoms. The Kier molecular flexibility index (Phi) is 4.71. The van der Waals surface area contributed by atoms with E-state index < -0.39 is 5.79 Å². The lowest BCUT2D eigenvalue weighted by Crippen LogP contribution is -2.48. The van der Waals surface area contributed by atoms with E-state index in [1.54, 1.807) is 19.2 Å². The molecule has 23 heavy (non-hydrogen) atoms. The topological polar surface area (TPSA) is 54.0 Å². The summed E-state index contributed by atoms with van der Waals surface area (Å²) in [5.41, 5.74) is 0.579. The first-order valence-corrected chi connectivity index (χ1v) is 8.11. The average molecular weight is 320 g/mol. The highest BCUT2D eigenvalue weighted by Gasteiger charge is 2.51. The normalized spacial score (nSPS) is 32.3. The van der Waals surface area contributed by atoms with Crippen LogP contribution in [0.15, 0.2) is 30.3 Å². The van der Waals surface area contributed by atoms with Gasteiger partial charge < -0.3 is 18.9 Å². The molecule has 5 nitrogen and oxygen atoms in total. The summed E-state index contributed by atoms with van der Waals surface area (Å²) in [6, 6.07) is 9.08. The van der Waals surface area contributed by atoms with E-state index in [0.717, 1.165) is 12.8 Å². The van der Waals surface area contributed by atoms with E-state index in [-0.39, 0.29) is 30.2 Å². The molecule has 5 heteroatoms. The number of ether oxygens (including phenoxy) is 4. The predicted molar refractivity (Wildman–Crippen MR) is 84.1 cm³/mol. The third kappa shape index (κ3) is 3.57. The molecular weight excluding hydrogens is 296 g/mol. The highest BCUT2D eigenvalue weighted by Crippen LogP contribution is 2.42. The van der Waals surface area contributed by atoms with E-state index in [0.29, 0.717) is 12.2 Å². The summed E-state index contributed by atoms with van der Waals surface area (Å²) in [5.74, 6) is -0.747. The lowest BCUT2D eigenvalue weighted by atomic mass is 9.76. The highest BCUT2D eigenvalue weighted by molar-refractivity contribution is 5.89. The second-order valence-electron chi connectivity index (χ2n) is 6.64. The van der Waals surface area contributed by atoms with Crippen molar-refractivity contribution in [3.63, 3.8) is 0 Å². The fourth-order valence-electron chi connectivity index (χ4n) is 3.32. The number of carbonyl (C=O) groups excluding carboxylic acids is 1. The molecule has 1 saturated heterocycles. The number of esters is 1. The van der Waals surface area contributed by atoms with Crippen LogP contribution in [0.5, 0.6) is 0 Å². The molecule has 0 amide bonds. The second kappa shape index (κ2) is 6.59. The molecule has 4 unspecified atom stereocenters. The number of carbonyl (C=O) groups is 1. The fourth-order valence-corrected chi connectivity index (χ4v) is 3.32. The van der Waals surface area contributed by atoms with Crippen molar-refractivity contribution in [2.45, 2.75) is 50.8 Å². The van der Waals surface area contributed by atoms with Gasteiger partial charge in [0.25, 0.3) is 0 Å². The van der Waals surface area contributed by atoms with Crippen molar-refractivity contribution in [3.8, 4) is 0 Å². The van der Waals surface area contributed by atoms with Crippen LogP contribution < -0.4 is 0 Å². The monoisotopic (exact) mass is 320 g/mol. The third-order valence-electron chi connectivity index (χ3n) is 4.50. The maximum absolute atomic E-state index is 12.2. The third-order valence-corrected chi connectivity index (χ3v) is 4.50. The zero-order valence-electron chi connectivity index (χ0n) is 13.9. The zero-order chi connectivity index (χ0) is 16.4. The van der Waals surface area contributed by atoms with Crippen LogP contribution in [0.2, 0.25) is 0 Å². The standard InChI is InChI=1S/C18H24O5/c1-18(2)22-15(11-20-3)16(23-18)13-9-10-14(13)21-17(19)12-7-5-4-6-8-12/h4-8,13-16H,9-11H2,1-3H3. The van der Waals surface area contributed by atoms with Gasteiger partial charge in [0, 0.05) is 13.0 Å². The molecule has 1 heterocycles. The van der Waals surface area contributed by atoms with Gasteiger partial charge in [0.15, 0.2) is 5.79 Å². The molecule has 0 N–H and O–H groups in total. The minimum absolute atomic E-state index is 0.104. The van der Waals surface area contributed by atoms with Crippen molar-refractivity contribution >= 4 is 5.97 Å². The van der Waals surface area contributed by atoms with Crippen LogP contribution in [0.4, 0.5) is 0 Å². The van der Waals surface area contributed by atoms with Gasteiger partial charge >= 0.3 is 5.97 Å². The lowest BCUT2D eigenvalue weighted by Gasteiger charge is -2.40. The minimum atomic E-state index is -0.628. The number of benzene rings is 1. The Morgan fingerprint density at radius 3 is 2.57 bits per heavy atom. The Morgan fingerprint density at radius 2 is 1.96 bits per heavy atom. The highest BCUT2D eigenvalue weighted by atomic mass is 16.8. The first kappa shape index (κ1) is 16.4. The van der Waals surface area contributed by atoms with Crippen LogP contribution >= 0.6 is 0 Å². The second-order valence-corrected chi connectivity index (χ2v) is 6.64. The SMILES string of the molecule is COCC1OC(C)(C)OC1C1CCC1OC(=O)c1ccccc1. The van der Waals surface area contributed by atoms with Crippen LogP contribution in [-0.4, -0.2) is 43.8 Å². The summed E-state index contributed by atoms with van der Waals surface area (Å²) >= 11 is 0. The maximum Gasteiger partial charge on any atom is 0.338 e. The number of hydrogen-bond donors (Lipinski definition) is 0. The molecule has 0 radical (unpaired) electrons. The smallest absolute Gasteiger partial charge is 0.338 e. The van der Waals surface area contributed by atoms with Gasteiger partial charge in [0.1, 0.15) is 12.2 Å².